The number of halogens is 2. The molecule has 2 N–H and O–H groups in total. The topological polar surface area (TPSA) is 106 Å². The van der Waals surface area contributed by atoms with E-state index in [2.05, 4.69) is 20.1 Å². The quantitative estimate of drug-likeness (QED) is 0.656. The Kier molecular flexibility index (Phi) is 4.47. The van der Waals surface area contributed by atoms with Crippen LogP contribution >= 0.6 is 11.6 Å². The number of hydrogen-bond acceptors (Lipinski definition) is 5. The summed E-state index contributed by atoms with van der Waals surface area (Å²) in [4.78, 5) is 16.9. The molecule has 1 saturated carbocycles. The van der Waals surface area contributed by atoms with Crippen molar-refractivity contribution in [3.8, 4) is 0 Å². The summed E-state index contributed by atoms with van der Waals surface area (Å²) in [5.74, 6) is -0.924. The molecule has 4 rings (SSSR count). The van der Waals surface area contributed by atoms with Gasteiger partial charge in [0.25, 0.3) is 5.91 Å². The van der Waals surface area contributed by atoms with Crippen molar-refractivity contribution < 1.29 is 17.6 Å². The van der Waals surface area contributed by atoms with Gasteiger partial charge in [-0.05, 0) is 43.2 Å². The van der Waals surface area contributed by atoms with E-state index >= 15 is 0 Å². The number of pyridine rings is 1. The van der Waals surface area contributed by atoms with E-state index in [0.29, 0.717) is 23.9 Å². The number of nitrogens with one attached hydrogen (secondary N) is 2. The number of anilines is 2. The number of benzene rings is 1. The number of carbonyl (C=O) groups excluding carboxylic acids is 1. The van der Waals surface area contributed by atoms with Gasteiger partial charge in [0.2, 0.25) is 10.0 Å². The molecular formula is C17H15ClFN5O3S. The van der Waals surface area contributed by atoms with Gasteiger partial charge in [0.15, 0.2) is 5.65 Å². The third kappa shape index (κ3) is 3.52. The van der Waals surface area contributed by atoms with Crippen LogP contribution in [0, 0.1) is 5.82 Å². The van der Waals surface area contributed by atoms with Crippen molar-refractivity contribution in [2.45, 2.75) is 18.1 Å². The minimum Gasteiger partial charge on any atom is -0.321 e. The van der Waals surface area contributed by atoms with Crippen LogP contribution in [0.25, 0.3) is 11.0 Å². The number of rotatable bonds is 5. The zero-order valence-corrected chi connectivity index (χ0v) is 16.2. The minimum atomic E-state index is -3.45. The Labute approximate surface area is 164 Å². The lowest BCUT2D eigenvalue weighted by Crippen LogP contribution is -2.18. The molecule has 0 bridgehead atoms. The van der Waals surface area contributed by atoms with E-state index in [9.17, 15) is 17.6 Å². The normalized spacial score (nSPS) is 14.2. The molecule has 8 nitrogen and oxygen atoms in total. The Balaban J connectivity index is 1.62. The number of carbonyl (C=O) groups is 1. The Hall–Kier alpha value is -2.72. The van der Waals surface area contributed by atoms with Gasteiger partial charge in [-0.25, -0.2) is 17.8 Å². The number of hydrogen-bond donors (Lipinski definition) is 2. The van der Waals surface area contributed by atoms with Crippen LogP contribution in [0.2, 0.25) is 5.02 Å². The number of aryl methyl sites for hydroxylation is 1. The summed E-state index contributed by atoms with van der Waals surface area (Å²) < 4.78 is 41.2. The van der Waals surface area contributed by atoms with Gasteiger partial charge in [-0.1, -0.05) is 11.6 Å². The maximum Gasteiger partial charge on any atom is 0.274 e. The third-order valence-electron chi connectivity index (χ3n) is 4.30. The van der Waals surface area contributed by atoms with Crippen LogP contribution in [-0.4, -0.2) is 34.3 Å². The predicted octanol–water partition coefficient (Wildman–Crippen LogP) is 2.92. The molecule has 28 heavy (non-hydrogen) atoms. The van der Waals surface area contributed by atoms with E-state index in [1.165, 1.54) is 22.9 Å². The summed E-state index contributed by atoms with van der Waals surface area (Å²) in [5.41, 5.74) is 0.771. The van der Waals surface area contributed by atoms with E-state index in [1.807, 2.05) is 0 Å². The lowest BCUT2D eigenvalue weighted by atomic mass is 10.2. The van der Waals surface area contributed by atoms with Crippen LogP contribution in [0.5, 0.6) is 0 Å². The van der Waals surface area contributed by atoms with Gasteiger partial charge >= 0.3 is 0 Å². The first kappa shape index (κ1) is 18.6. The molecule has 0 aliphatic heterocycles. The Morgan fingerprint density at radius 1 is 1.29 bits per heavy atom. The molecule has 0 atom stereocenters. The highest BCUT2D eigenvalue weighted by molar-refractivity contribution is 7.93. The van der Waals surface area contributed by atoms with Crippen LogP contribution in [0.3, 0.4) is 0 Å². The molecule has 1 amide bonds. The van der Waals surface area contributed by atoms with Crippen molar-refractivity contribution in [2.24, 2.45) is 7.05 Å². The molecule has 0 saturated heterocycles. The predicted molar refractivity (Wildman–Crippen MR) is 103 cm³/mol. The van der Waals surface area contributed by atoms with Crippen LogP contribution in [0.15, 0.2) is 30.3 Å². The maximum absolute atomic E-state index is 13.3. The largest absolute Gasteiger partial charge is 0.321 e. The summed E-state index contributed by atoms with van der Waals surface area (Å²) in [7, 11) is -1.87. The number of fused-ring (bicyclic) bond motifs is 1. The highest BCUT2D eigenvalue weighted by atomic mass is 35.5. The van der Waals surface area contributed by atoms with E-state index in [4.69, 9.17) is 11.6 Å². The van der Waals surface area contributed by atoms with Crippen LogP contribution in [-0.2, 0) is 17.1 Å². The van der Waals surface area contributed by atoms with Crippen molar-refractivity contribution in [1.29, 1.82) is 0 Å². The highest BCUT2D eigenvalue weighted by Crippen LogP contribution is 2.30. The highest BCUT2D eigenvalue weighted by Gasteiger charge is 2.36. The van der Waals surface area contributed by atoms with E-state index in [-0.39, 0.29) is 27.4 Å². The standard InChI is InChI=1S/C17H15ClFN5O3S/c1-24-15(17(25)20-9-2-6-13(19)12(18)8-9)11-5-7-14(21-16(11)22-24)23-28(26,27)10-3-4-10/h2,5-8,10H,3-4H2,1H3,(H,20,25)(H,21,22,23). The third-order valence-corrected chi connectivity index (χ3v) is 6.43. The summed E-state index contributed by atoms with van der Waals surface area (Å²) >= 11 is 5.74. The lowest BCUT2D eigenvalue weighted by Gasteiger charge is -2.07. The first-order valence-corrected chi connectivity index (χ1v) is 10.3. The molecule has 0 unspecified atom stereocenters. The molecule has 146 valence electrons. The van der Waals surface area contributed by atoms with Gasteiger partial charge in [-0.2, -0.15) is 5.10 Å². The van der Waals surface area contributed by atoms with Crippen LogP contribution in [0.1, 0.15) is 23.3 Å². The second-order valence-electron chi connectivity index (χ2n) is 6.47. The fourth-order valence-electron chi connectivity index (χ4n) is 2.77. The van der Waals surface area contributed by atoms with Gasteiger partial charge < -0.3 is 5.32 Å². The van der Waals surface area contributed by atoms with Crippen molar-refractivity contribution in [1.82, 2.24) is 14.8 Å². The average molecular weight is 424 g/mol. The molecule has 2 aromatic heterocycles. The van der Waals surface area contributed by atoms with Crippen molar-refractivity contribution >= 4 is 50.1 Å². The SMILES string of the molecule is Cn1nc2nc(NS(=O)(=O)C3CC3)ccc2c1C(=O)Nc1ccc(F)c(Cl)c1. The van der Waals surface area contributed by atoms with Gasteiger partial charge in [-0.3, -0.25) is 14.2 Å². The molecule has 0 spiro atoms. The summed E-state index contributed by atoms with van der Waals surface area (Å²) in [6, 6.07) is 6.90. The van der Waals surface area contributed by atoms with Crippen molar-refractivity contribution in [2.75, 3.05) is 10.0 Å². The van der Waals surface area contributed by atoms with Gasteiger partial charge in [-0.15, -0.1) is 0 Å². The van der Waals surface area contributed by atoms with Crippen molar-refractivity contribution in [3.05, 3.63) is 46.9 Å². The number of nitrogens with zero attached hydrogens (tertiary/aromatic N) is 3. The van der Waals surface area contributed by atoms with E-state index < -0.39 is 21.7 Å². The molecule has 1 aliphatic rings. The van der Waals surface area contributed by atoms with Crippen molar-refractivity contribution in [3.63, 3.8) is 0 Å². The monoisotopic (exact) mass is 423 g/mol. The molecule has 1 fully saturated rings. The fraction of sp³-hybridized carbons (Fsp3) is 0.235. The Morgan fingerprint density at radius 2 is 2.04 bits per heavy atom. The van der Waals surface area contributed by atoms with E-state index in [1.54, 1.807) is 13.1 Å². The minimum absolute atomic E-state index is 0.109. The summed E-state index contributed by atoms with van der Waals surface area (Å²) in [6.07, 6.45) is 1.28. The average Bonchev–Trinajstić information content (AvgIpc) is 3.41. The number of aromatic nitrogens is 3. The lowest BCUT2D eigenvalue weighted by molar-refractivity contribution is 0.101. The fourth-order valence-corrected chi connectivity index (χ4v) is 4.28. The second kappa shape index (κ2) is 6.71. The maximum atomic E-state index is 13.3. The number of sulfonamides is 1. The molecule has 0 radical (unpaired) electrons. The van der Waals surface area contributed by atoms with Gasteiger partial charge in [0.1, 0.15) is 17.3 Å². The van der Waals surface area contributed by atoms with Crippen LogP contribution < -0.4 is 10.0 Å². The molecule has 2 heterocycles. The van der Waals surface area contributed by atoms with Gasteiger partial charge in [0.05, 0.1) is 15.7 Å². The zero-order valence-electron chi connectivity index (χ0n) is 14.6. The molecule has 11 heteroatoms. The van der Waals surface area contributed by atoms with Crippen LogP contribution in [0.4, 0.5) is 15.9 Å². The summed E-state index contributed by atoms with van der Waals surface area (Å²) in [6.45, 7) is 0. The summed E-state index contributed by atoms with van der Waals surface area (Å²) in [5, 5.41) is 6.77. The Bertz CT molecular complexity index is 1210. The smallest absolute Gasteiger partial charge is 0.274 e. The first-order valence-electron chi connectivity index (χ1n) is 8.36. The first-order chi connectivity index (χ1) is 13.2. The van der Waals surface area contributed by atoms with Gasteiger partial charge in [0, 0.05) is 12.7 Å². The number of amides is 1. The Morgan fingerprint density at radius 3 is 2.71 bits per heavy atom. The molecule has 1 aromatic carbocycles. The molecular weight excluding hydrogens is 409 g/mol. The van der Waals surface area contributed by atoms with E-state index in [0.717, 1.165) is 6.07 Å². The zero-order chi connectivity index (χ0) is 20.1. The molecule has 3 aromatic rings. The molecule has 1 aliphatic carbocycles. The second-order valence-corrected chi connectivity index (χ2v) is 8.84.